The Morgan fingerprint density at radius 2 is 0.729 bits per heavy atom. The van der Waals surface area contributed by atoms with Gasteiger partial charge >= 0.3 is 0 Å². The van der Waals surface area contributed by atoms with Crippen molar-refractivity contribution in [3.8, 4) is 0 Å². The maximum Gasteiger partial charge on any atom is 0.108 e. The third kappa shape index (κ3) is 7.91. The topological polar surface area (TPSA) is 108 Å². The van der Waals surface area contributed by atoms with Crippen molar-refractivity contribution in [3.05, 3.63) is 144 Å². The van der Waals surface area contributed by atoms with Gasteiger partial charge in [-0.1, -0.05) is 120 Å². The van der Waals surface area contributed by atoms with Gasteiger partial charge in [-0.2, -0.15) is 0 Å². The van der Waals surface area contributed by atoms with Crippen molar-refractivity contribution in [2.45, 2.75) is 39.5 Å². The lowest BCUT2D eigenvalue weighted by atomic mass is 9.92. The number of nitrogens with zero attached hydrogens (tertiary/aromatic N) is 6. The van der Waals surface area contributed by atoms with Crippen LogP contribution in [0, 0.1) is 0 Å². The van der Waals surface area contributed by atoms with Gasteiger partial charge in [-0.25, -0.2) is 9.36 Å². The van der Waals surface area contributed by atoms with E-state index in [1.165, 1.54) is 75.8 Å². The number of hydrogen-bond acceptors (Lipinski definition) is 9. The Morgan fingerprint density at radius 3 is 1.17 bits per heavy atom. The van der Waals surface area contributed by atoms with Crippen molar-refractivity contribution in [1.29, 1.82) is 0 Å². The molecule has 0 N–H and O–H groups in total. The minimum absolute atomic E-state index is 0.388. The van der Waals surface area contributed by atoms with Crippen molar-refractivity contribution in [2.24, 2.45) is 0 Å². The van der Waals surface area contributed by atoms with Gasteiger partial charge in [0.2, 0.25) is 0 Å². The Balaban J connectivity index is 0.581. The SMILES string of the molecule is c1cc2ccc3ccc(COCc4cn(CCOCCOCCOCCn5cc(COCc6ccc7ccc8cccc9ccc6c7c89)nn5)nn4)c4ccc(c1)c2c34. The fraction of sp³-hybridized carbons (Fsp3) is 0.250. The van der Waals surface area contributed by atoms with Gasteiger partial charge < -0.3 is 23.7 Å². The molecule has 0 radical (unpaired) electrons. The van der Waals surface area contributed by atoms with Gasteiger partial charge in [-0.15, -0.1) is 10.2 Å². The molecule has 0 aliphatic carbocycles. The van der Waals surface area contributed by atoms with Crippen molar-refractivity contribution in [2.75, 3.05) is 39.6 Å². The molecule has 59 heavy (non-hydrogen) atoms. The van der Waals surface area contributed by atoms with Crippen LogP contribution in [0.2, 0.25) is 0 Å². The average molecular weight is 785 g/mol. The second-order valence-corrected chi connectivity index (χ2v) is 14.9. The van der Waals surface area contributed by atoms with Crippen LogP contribution in [-0.4, -0.2) is 69.6 Å². The number of benzene rings is 8. The van der Waals surface area contributed by atoms with Crippen LogP contribution in [0.25, 0.3) is 64.6 Å². The number of aromatic nitrogens is 6. The molecule has 0 bridgehead atoms. The maximum atomic E-state index is 6.10. The Kier molecular flexibility index (Phi) is 10.7. The minimum atomic E-state index is 0.388. The Hall–Kier alpha value is -6.08. The molecule has 0 aliphatic heterocycles. The molecular formula is C48H44N6O5. The van der Waals surface area contributed by atoms with Gasteiger partial charge in [0.25, 0.3) is 0 Å². The molecule has 0 fully saturated rings. The zero-order valence-corrected chi connectivity index (χ0v) is 32.8. The van der Waals surface area contributed by atoms with E-state index in [-0.39, 0.29) is 0 Å². The zero-order valence-electron chi connectivity index (χ0n) is 32.8. The third-order valence-corrected chi connectivity index (χ3v) is 11.1. The van der Waals surface area contributed by atoms with Crippen molar-refractivity contribution >= 4 is 64.6 Å². The van der Waals surface area contributed by atoms with Gasteiger partial charge in [0.05, 0.1) is 91.6 Å². The third-order valence-electron chi connectivity index (χ3n) is 11.1. The Labute approximate surface area is 340 Å². The maximum absolute atomic E-state index is 6.10. The summed E-state index contributed by atoms with van der Waals surface area (Å²) in [5.74, 6) is 0. The van der Waals surface area contributed by atoms with E-state index in [1.54, 1.807) is 9.36 Å². The first-order valence-corrected chi connectivity index (χ1v) is 20.2. The molecule has 0 atom stereocenters. The molecule has 0 saturated heterocycles. The standard InChI is InChI=1S/C48H44N6O5/c1-3-33-7-9-37-11-13-39(43-17-15-35(5-1)45(33)47(37)43)29-58-31-41-27-53(51-49-41)19-21-55-23-25-57-26-24-56-22-20-54-28-42(50-52-54)32-59-30-40-14-12-38-10-8-34-4-2-6-36-16-18-44(40)48(38)46(34)36/h1-18,27-28H,19-26,29-32H2. The first-order valence-electron chi connectivity index (χ1n) is 20.2. The predicted octanol–water partition coefficient (Wildman–Crippen LogP) is 8.85. The molecule has 0 saturated carbocycles. The van der Waals surface area contributed by atoms with E-state index in [0.717, 1.165) is 11.4 Å². The van der Waals surface area contributed by atoms with Crippen LogP contribution in [0.3, 0.4) is 0 Å². The van der Waals surface area contributed by atoms with Crippen LogP contribution in [0.5, 0.6) is 0 Å². The molecule has 8 aromatic carbocycles. The summed E-state index contributed by atoms with van der Waals surface area (Å²) >= 11 is 0. The fourth-order valence-electron chi connectivity index (χ4n) is 8.26. The molecule has 0 spiro atoms. The van der Waals surface area contributed by atoms with Crippen LogP contribution >= 0.6 is 0 Å². The lowest BCUT2D eigenvalue weighted by Gasteiger charge is -2.13. The lowest BCUT2D eigenvalue weighted by molar-refractivity contribution is 0.0110. The van der Waals surface area contributed by atoms with E-state index >= 15 is 0 Å². The molecular weight excluding hydrogens is 741 g/mol. The fourth-order valence-corrected chi connectivity index (χ4v) is 8.26. The molecule has 296 valence electrons. The van der Waals surface area contributed by atoms with E-state index in [1.807, 2.05) is 12.4 Å². The second-order valence-electron chi connectivity index (χ2n) is 14.9. The second kappa shape index (κ2) is 17.0. The van der Waals surface area contributed by atoms with Gasteiger partial charge in [-0.3, -0.25) is 0 Å². The summed E-state index contributed by atoms with van der Waals surface area (Å²) in [6.07, 6.45) is 3.82. The van der Waals surface area contributed by atoms with Crippen LogP contribution in [0.1, 0.15) is 22.5 Å². The van der Waals surface area contributed by atoms with Crippen molar-refractivity contribution < 1.29 is 23.7 Å². The van der Waals surface area contributed by atoms with E-state index in [4.69, 9.17) is 23.7 Å². The number of hydrogen-bond donors (Lipinski definition) is 0. The highest BCUT2D eigenvalue weighted by Crippen LogP contribution is 2.37. The molecule has 11 heteroatoms. The van der Waals surface area contributed by atoms with Gasteiger partial charge in [0.15, 0.2) is 0 Å². The largest absolute Gasteiger partial charge is 0.377 e. The zero-order chi connectivity index (χ0) is 39.4. The smallest absolute Gasteiger partial charge is 0.108 e. The predicted molar refractivity (Wildman–Crippen MR) is 230 cm³/mol. The van der Waals surface area contributed by atoms with Crippen molar-refractivity contribution in [3.63, 3.8) is 0 Å². The van der Waals surface area contributed by atoms with E-state index in [2.05, 4.69) is 130 Å². The van der Waals surface area contributed by atoms with Gasteiger partial charge in [-0.05, 0) is 75.8 Å². The summed E-state index contributed by atoms with van der Waals surface area (Å²) in [5.41, 5.74) is 3.91. The highest BCUT2D eigenvalue weighted by molar-refractivity contribution is 6.24. The van der Waals surface area contributed by atoms with Gasteiger partial charge in [0, 0.05) is 0 Å². The van der Waals surface area contributed by atoms with E-state index in [0.29, 0.717) is 79.2 Å². The van der Waals surface area contributed by atoms with Crippen molar-refractivity contribution in [1.82, 2.24) is 30.0 Å². The lowest BCUT2D eigenvalue weighted by Crippen LogP contribution is -2.14. The molecule has 10 rings (SSSR count). The Morgan fingerprint density at radius 1 is 0.356 bits per heavy atom. The molecule has 0 amide bonds. The Bertz CT molecular complexity index is 2750. The average Bonchev–Trinajstić information content (AvgIpc) is 3.94. The van der Waals surface area contributed by atoms with E-state index < -0.39 is 0 Å². The van der Waals surface area contributed by atoms with Crippen LogP contribution in [-0.2, 0) is 63.2 Å². The molecule has 10 aromatic rings. The number of ether oxygens (including phenoxy) is 5. The van der Waals surface area contributed by atoms with E-state index in [9.17, 15) is 0 Å². The molecule has 0 aliphatic rings. The van der Waals surface area contributed by atoms with Crippen LogP contribution in [0.15, 0.2) is 122 Å². The van der Waals surface area contributed by atoms with Crippen LogP contribution in [0.4, 0.5) is 0 Å². The summed E-state index contributed by atoms with van der Waals surface area (Å²) in [6.45, 7) is 5.96. The highest BCUT2D eigenvalue weighted by Gasteiger charge is 2.13. The summed E-state index contributed by atoms with van der Waals surface area (Å²) < 4.78 is 32.9. The molecule has 0 unspecified atom stereocenters. The molecule has 2 aromatic heterocycles. The molecule has 11 nitrogen and oxygen atoms in total. The number of rotatable bonds is 20. The summed E-state index contributed by atoms with van der Waals surface area (Å²) in [4.78, 5) is 0. The highest BCUT2D eigenvalue weighted by atomic mass is 16.5. The monoisotopic (exact) mass is 784 g/mol. The summed E-state index contributed by atoms with van der Waals surface area (Å²) in [5, 5.41) is 32.3. The normalized spacial score (nSPS) is 12.2. The first kappa shape index (κ1) is 37.2. The minimum Gasteiger partial charge on any atom is -0.377 e. The summed E-state index contributed by atoms with van der Waals surface area (Å²) in [6, 6.07) is 39.3. The van der Waals surface area contributed by atoms with Crippen LogP contribution < -0.4 is 0 Å². The molecule has 2 heterocycles. The quantitative estimate of drug-likeness (QED) is 0.0554. The van der Waals surface area contributed by atoms with Gasteiger partial charge in [0.1, 0.15) is 11.4 Å². The first-order chi connectivity index (χ1) is 29.2. The summed E-state index contributed by atoms with van der Waals surface area (Å²) in [7, 11) is 0.